The van der Waals surface area contributed by atoms with E-state index >= 15 is 0 Å². The zero-order chi connectivity index (χ0) is 14.0. The molecule has 0 bridgehead atoms. The number of nitrogens with zero attached hydrogens (tertiary/aromatic N) is 2. The van der Waals surface area contributed by atoms with Crippen LogP contribution in [0.25, 0.3) is 11.4 Å². The van der Waals surface area contributed by atoms with Crippen molar-refractivity contribution >= 4 is 24.0 Å². The van der Waals surface area contributed by atoms with Crippen molar-refractivity contribution in [2.24, 2.45) is 0 Å². The van der Waals surface area contributed by atoms with Gasteiger partial charge in [0, 0.05) is 16.9 Å². The van der Waals surface area contributed by atoms with Gasteiger partial charge in [-0.3, -0.25) is 9.67 Å². The maximum atomic E-state index is 5.44. The van der Waals surface area contributed by atoms with E-state index in [1.807, 2.05) is 30.0 Å². The normalized spacial score (nSPS) is 17.4. The molecule has 1 aliphatic rings. The number of nitrogens with one attached hydrogen (secondary N) is 1. The van der Waals surface area contributed by atoms with Crippen LogP contribution in [0.2, 0.25) is 0 Å². The van der Waals surface area contributed by atoms with Gasteiger partial charge in [0.2, 0.25) is 0 Å². The molecule has 1 saturated carbocycles. The minimum atomic E-state index is 0.325. The van der Waals surface area contributed by atoms with Crippen LogP contribution in [-0.4, -0.2) is 25.8 Å². The summed E-state index contributed by atoms with van der Waals surface area (Å²) >= 11 is 7.42. The molecule has 1 heterocycles. The fourth-order valence-electron chi connectivity index (χ4n) is 3.01. The number of hydrogen-bond acceptors (Lipinski definition) is 3. The second-order valence-corrected chi connectivity index (χ2v) is 7.06. The zero-order valence-electron chi connectivity index (χ0n) is 11.6. The molecule has 1 aliphatic carbocycles. The third-order valence-electron chi connectivity index (χ3n) is 4.18. The highest BCUT2D eigenvalue weighted by Crippen LogP contribution is 2.42. The van der Waals surface area contributed by atoms with E-state index < -0.39 is 0 Å². The van der Waals surface area contributed by atoms with Crippen molar-refractivity contribution in [3.63, 3.8) is 0 Å². The van der Waals surface area contributed by atoms with E-state index in [9.17, 15) is 0 Å². The van der Waals surface area contributed by atoms with Gasteiger partial charge in [-0.25, -0.2) is 0 Å². The quantitative estimate of drug-likeness (QED) is 0.856. The molecule has 20 heavy (non-hydrogen) atoms. The summed E-state index contributed by atoms with van der Waals surface area (Å²) in [5.74, 6) is 0.955. The summed E-state index contributed by atoms with van der Waals surface area (Å²) in [6.45, 7) is 0.952. The molecule has 5 heteroatoms. The van der Waals surface area contributed by atoms with Crippen molar-refractivity contribution in [1.29, 1.82) is 0 Å². The van der Waals surface area contributed by atoms with Gasteiger partial charge >= 0.3 is 0 Å². The van der Waals surface area contributed by atoms with Crippen LogP contribution < -0.4 is 0 Å². The van der Waals surface area contributed by atoms with Gasteiger partial charge in [0.25, 0.3) is 0 Å². The number of hydrogen-bond donors (Lipinski definition) is 1. The fourth-order valence-corrected chi connectivity index (χ4v) is 4.16. The van der Waals surface area contributed by atoms with Crippen LogP contribution in [0, 0.1) is 4.77 Å². The average molecular weight is 305 g/mol. The molecule has 2 aromatic rings. The molecule has 1 aromatic heterocycles. The lowest BCUT2D eigenvalue weighted by Crippen LogP contribution is -2.27. The Labute approximate surface area is 128 Å². The zero-order valence-corrected chi connectivity index (χ0v) is 13.3. The van der Waals surface area contributed by atoms with Gasteiger partial charge < -0.3 is 0 Å². The molecule has 0 amide bonds. The third kappa shape index (κ3) is 2.56. The van der Waals surface area contributed by atoms with E-state index in [4.69, 9.17) is 12.2 Å². The summed E-state index contributed by atoms with van der Waals surface area (Å²) in [4.78, 5) is 0. The van der Waals surface area contributed by atoms with Gasteiger partial charge in [0.05, 0.1) is 0 Å². The number of thioether (sulfide) groups is 1. The summed E-state index contributed by atoms with van der Waals surface area (Å²) in [6.07, 6.45) is 7.42. The molecular weight excluding hydrogens is 286 g/mol. The number of aromatic amines is 1. The average Bonchev–Trinajstić information content (AvgIpc) is 3.09. The molecule has 0 spiro atoms. The molecule has 0 radical (unpaired) electrons. The number of rotatable bonds is 4. The van der Waals surface area contributed by atoms with Crippen LogP contribution in [0.3, 0.4) is 0 Å². The summed E-state index contributed by atoms with van der Waals surface area (Å²) in [6, 6.07) is 10.3. The number of benzene rings is 1. The van der Waals surface area contributed by atoms with Crippen molar-refractivity contribution in [3.05, 3.63) is 35.1 Å². The summed E-state index contributed by atoms with van der Waals surface area (Å²) in [7, 11) is 0. The van der Waals surface area contributed by atoms with E-state index in [0.29, 0.717) is 4.75 Å². The Kier molecular flexibility index (Phi) is 3.98. The highest BCUT2D eigenvalue weighted by molar-refractivity contribution is 8.00. The topological polar surface area (TPSA) is 33.6 Å². The van der Waals surface area contributed by atoms with Crippen LogP contribution in [0.4, 0.5) is 0 Å². The van der Waals surface area contributed by atoms with Gasteiger partial charge in [-0.2, -0.15) is 16.9 Å². The lowest BCUT2D eigenvalue weighted by molar-refractivity contribution is 0.504. The monoisotopic (exact) mass is 305 g/mol. The smallest absolute Gasteiger partial charge is 0.195 e. The predicted octanol–water partition coefficient (Wildman–Crippen LogP) is 4.28. The standard InChI is InChI=1S/C15H19N3S2/c1-20-15(9-5-6-10-15)11-18-13(16-17-14(18)19)12-7-3-2-4-8-12/h2-4,7-8H,5-6,9-11H2,1H3,(H,17,19). The molecule has 1 N–H and O–H groups in total. The van der Waals surface area contributed by atoms with Gasteiger partial charge in [-0.15, -0.1) is 0 Å². The Morgan fingerprint density at radius 3 is 2.65 bits per heavy atom. The summed E-state index contributed by atoms with van der Waals surface area (Å²) in [5, 5.41) is 7.39. The van der Waals surface area contributed by atoms with Crippen molar-refractivity contribution in [2.75, 3.05) is 6.26 Å². The SMILES string of the molecule is CSC1(Cn2c(-c3ccccc3)n[nH]c2=S)CCCC1. The first-order valence-electron chi connectivity index (χ1n) is 7.00. The first-order valence-corrected chi connectivity index (χ1v) is 8.63. The summed E-state index contributed by atoms with van der Waals surface area (Å²) < 4.78 is 3.22. The molecule has 3 rings (SSSR count). The van der Waals surface area contributed by atoms with Crippen LogP contribution in [-0.2, 0) is 6.54 Å². The Bertz CT molecular complexity index is 624. The second-order valence-electron chi connectivity index (χ2n) is 5.40. The molecule has 0 atom stereocenters. The maximum Gasteiger partial charge on any atom is 0.195 e. The van der Waals surface area contributed by atoms with E-state index in [1.165, 1.54) is 25.7 Å². The molecular formula is C15H19N3S2. The van der Waals surface area contributed by atoms with Crippen molar-refractivity contribution in [1.82, 2.24) is 14.8 Å². The van der Waals surface area contributed by atoms with Gasteiger partial charge in [0.15, 0.2) is 10.6 Å². The Morgan fingerprint density at radius 1 is 1.30 bits per heavy atom. The molecule has 1 aromatic carbocycles. The Hall–Kier alpha value is -1.07. The first-order chi connectivity index (χ1) is 9.74. The fraction of sp³-hybridized carbons (Fsp3) is 0.467. The first kappa shape index (κ1) is 13.9. The lowest BCUT2D eigenvalue weighted by Gasteiger charge is -2.27. The van der Waals surface area contributed by atoms with Crippen LogP contribution in [0.1, 0.15) is 25.7 Å². The minimum absolute atomic E-state index is 0.325. The van der Waals surface area contributed by atoms with E-state index in [-0.39, 0.29) is 0 Å². The van der Waals surface area contributed by atoms with Gasteiger partial charge in [-0.1, -0.05) is 43.2 Å². The molecule has 0 unspecified atom stereocenters. The lowest BCUT2D eigenvalue weighted by atomic mass is 10.1. The third-order valence-corrected chi connectivity index (χ3v) is 5.90. The molecule has 0 aliphatic heterocycles. The van der Waals surface area contributed by atoms with E-state index in [0.717, 1.165) is 22.7 Å². The van der Waals surface area contributed by atoms with E-state index in [2.05, 4.69) is 33.2 Å². The summed E-state index contributed by atoms with van der Waals surface area (Å²) in [5.41, 5.74) is 1.12. The van der Waals surface area contributed by atoms with Crippen LogP contribution in [0.5, 0.6) is 0 Å². The predicted molar refractivity (Wildman–Crippen MR) is 87.6 cm³/mol. The van der Waals surface area contributed by atoms with Crippen molar-refractivity contribution in [3.8, 4) is 11.4 Å². The Morgan fingerprint density at radius 2 is 2.00 bits per heavy atom. The molecule has 106 valence electrons. The highest BCUT2D eigenvalue weighted by Gasteiger charge is 2.34. The molecule has 3 nitrogen and oxygen atoms in total. The second kappa shape index (κ2) is 5.74. The minimum Gasteiger partial charge on any atom is -0.299 e. The molecule has 0 saturated heterocycles. The van der Waals surface area contributed by atoms with E-state index in [1.54, 1.807) is 0 Å². The highest BCUT2D eigenvalue weighted by atomic mass is 32.2. The van der Waals surface area contributed by atoms with Crippen LogP contribution >= 0.6 is 24.0 Å². The van der Waals surface area contributed by atoms with Crippen LogP contribution in [0.15, 0.2) is 30.3 Å². The largest absolute Gasteiger partial charge is 0.299 e. The van der Waals surface area contributed by atoms with Crippen molar-refractivity contribution in [2.45, 2.75) is 37.0 Å². The van der Waals surface area contributed by atoms with Gasteiger partial charge in [-0.05, 0) is 31.3 Å². The Balaban J connectivity index is 1.98. The maximum absolute atomic E-state index is 5.44. The van der Waals surface area contributed by atoms with Crippen molar-refractivity contribution < 1.29 is 0 Å². The number of aromatic nitrogens is 3. The molecule has 1 fully saturated rings. The van der Waals surface area contributed by atoms with Gasteiger partial charge in [0.1, 0.15) is 0 Å². The number of H-pyrrole nitrogens is 1.